The van der Waals surface area contributed by atoms with E-state index >= 15 is 0 Å². The molecule has 0 radical (unpaired) electrons. The summed E-state index contributed by atoms with van der Waals surface area (Å²) in [4.78, 5) is 9.05. The zero-order valence-corrected chi connectivity index (χ0v) is 13.8. The highest BCUT2D eigenvalue weighted by atomic mass is 16.5. The fourth-order valence-electron chi connectivity index (χ4n) is 2.69. The van der Waals surface area contributed by atoms with Gasteiger partial charge in [0, 0.05) is 17.0 Å². The van der Waals surface area contributed by atoms with E-state index in [2.05, 4.69) is 9.97 Å². The molecule has 0 unspecified atom stereocenters. The van der Waals surface area contributed by atoms with E-state index < -0.39 is 0 Å². The van der Waals surface area contributed by atoms with Gasteiger partial charge in [-0.1, -0.05) is 6.92 Å². The smallest absolute Gasteiger partial charge is 0.162 e. The number of aryl methyl sites for hydroxylation is 1. The summed E-state index contributed by atoms with van der Waals surface area (Å²) in [6, 6.07) is 8.68. The van der Waals surface area contributed by atoms with Crippen LogP contribution >= 0.6 is 0 Å². The Hall–Kier alpha value is -3.02. The number of nitrogens with zero attached hydrogens (tertiary/aromatic N) is 2. The van der Waals surface area contributed by atoms with Crippen molar-refractivity contribution in [3.63, 3.8) is 0 Å². The van der Waals surface area contributed by atoms with Crippen molar-refractivity contribution in [1.82, 2.24) is 9.97 Å². The molecule has 0 bridgehead atoms. The van der Waals surface area contributed by atoms with Crippen molar-refractivity contribution >= 4 is 16.7 Å². The minimum Gasteiger partial charge on any atom is -0.508 e. The maximum atomic E-state index is 9.67. The summed E-state index contributed by atoms with van der Waals surface area (Å²) in [5, 5.41) is 10.4. The number of hydrogen-bond acceptors (Lipinski definition) is 6. The second-order valence-corrected chi connectivity index (χ2v) is 5.35. The number of aromatic hydroxyl groups is 1. The molecule has 0 aliphatic heterocycles. The van der Waals surface area contributed by atoms with Crippen molar-refractivity contribution < 1.29 is 14.6 Å². The van der Waals surface area contributed by atoms with Crippen LogP contribution in [0.5, 0.6) is 17.2 Å². The van der Waals surface area contributed by atoms with Gasteiger partial charge in [0.25, 0.3) is 0 Å². The van der Waals surface area contributed by atoms with Crippen molar-refractivity contribution in [1.29, 1.82) is 0 Å². The van der Waals surface area contributed by atoms with Gasteiger partial charge in [0.2, 0.25) is 0 Å². The molecule has 3 rings (SSSR count). The number of anilines is 1. The van der Waals surface area contributed by atoms with Crippen LogP contribution in [0.3, 0.4) is 0 Å². The number of nitrogens with two attached hydrogens (primary N) is 1. The lowest BCUT2D eigenvalue weighted by Crippen LogP contribution is -2.01. The summed E-state index contributed by atoms with van der Waals surface area (Å²) < 4.78 is 10.6. The Balaban J connectivity index is 2.24. The highest BCUT2D eigenvalue weighted by Gasteiger charge is 2.14. The van der Waals surface area contributed by atoms with E-state index in [4.69, 9.17) is 15.2 Å². The highest BCUT2D eigenvalue weighted by molar-refractivity contribution is 5.92. The summed E-state index contributed by atoms with van der Waals surface area (Å²) in [5.74, 6) is 2.26. The van der Waals surface area contributed by atoms with E-state index in [1.807, 2.05) is 6.92 Å². The fraction of sp³-hybridized carbons (Fsp3) is 0.222. The van der Waals surface area contributed by atoms with Gasteiger partial charge in [-0.2, -0.15) is 0 Å². The SMILES string of the molecule is CCc1cc(O)ccc1-c1nc(N)c2cc(OC)c(OC)cc2n1. The second kappa shape index (κ2) is 6.23. The minimum atomic E-state index is 0.218. The van der Waals surface area contributed by atoms with E-state index in [1.165, 1.54) is 0 Å². The molecule has 0 aliphatic carbocycles. The van der Waals surface area contributed by atoms with Crippen LogP contribution < -0.4 is 15.2 Å². The first-order valence-electron chi connectivity index (χ1n) is 7.58. The molecular formula is C18H19N3O3. The van der Waals surface area contributed by atoms with Crippen LogP contribution in [0.1, 0.15) is 12.5 Å². The first-order chi connectivity index (χ1) is 11.6. The molecule has 3 N–H and O–H groups in total. The molecule has 1 heterocycles. The quantitative estimate of drug-likeness (QED) is 0.765. The molecule has 0 saturated heterocycles. The van der Waals surface area contributed by atoms with Gasteiger partial charge in [0.05, 0.1) is 19.7 Å². The number of aromatic nitrogens is 2. The molecule has 3 aromatic rings. The molecule has 1 aromatic heterocycles. The van der Waals surface area contributed by atoms with Crippen LogP contribution in [0.4, 0.5) is 5.82 Å². The number of benzene rings is 2. The summed E-state index contributed by atoms with van der Waals surface area (Å²) in [7, 11) is 3.14. The normalized spacial score (nSPS) is 10.8. The summed E-state index contributed by atoms with van der Waals surface area (Å²) in [6.07, 6.45) is 0.747. The van der Waals surface area contributed by atoms with Gasteiger partial charge < -0.3 is 20.3 Å². The van der Waals surface area contributed by atoms with Gasteiger partial charge in [0.15, 0.2) is 17.3 Å². The average Bonchev–Trinajstić information content (AvgIpc) is 2.60. The molecule has 2 aromatic carbocycles. The second-order valence-electron chi connectivity index (χ2n) is 5.35. The van der Waals surface area contributed by atoms with Crippen LogP contribution in [0, 0.1) is 0 Å². The predicted octanol–water partition coefficient (Wildman–Crippen LogP) is 3.16. The Morgan fingerprint density at radius 1 is 1.04 bits per heavy atom. The van der Waals surface area contributed by atoms with Crippen molar-refractivity contribution in [2.45, 2.75) is 13.3 Å². The highest BCUT2D eigenvalue weighted by Crippen LogP contribution is 2.35. The lowest BCUT2D eigenvalue weighted by Gasteiger charge is -2.12. The Kier molecular flexibility index (Phi) is 4.12. The van der Waals surface area contributed by atoms with Crippen LogP contribution in [0.2, 0.25) is 0 Å². The van der Waals surface area contributed by atoms with E-state index in [-0.39, 0.29) is 5.75 Å². The Bertz CT molecular complexity index is 910. The largest absolute Gasteiger partial charge is 0.508 e. The summed E-state index contributed by atoms with van der Waals surface area (Å²) >= 11 is 0. The van der Waals surface area contributed by atoms with E-state index in [0.717, 1.165) is 17.5 Å². The van der Waals surface area contributed by atoms with Gasteiger partial charge in [-0.3, -0.25) is 0 Å². The third-order valence-corrected chi connectivity index (χ3v) is 3.94. The average molecular weight is 325 g/mol. The fourth-order valence-corrected chi connectivity index (χ4v) is 2.69. The molecule has 6 heteroatoms. The van der Waals surface area contributed by atoms with Crippen LogP contribution in [-0.2, 0) is 6.42 Å². The number of ether oxygens (including phenoxy) is 2. The van der Waals surface area contributed by atoms with Gasteiger partial charge >= 0.3 is 0 Å². The zero-order valence-electron chi connectivity index (χ0n) is 13.8. The van der Waals surface area contributed by atoms with E-state index in [1.54, 1.807) is 44.6 Å². The zero-order chi connectivity index (χ0) is 17.3. The molecule has 0 saturated carbocycles. The third-order valence-electron chi connectivity index (χ3n) is 3.94. The number of phenols is 1. The first-order valence-corrected chi connectivity index (χ1v) is 7.58. The molecular weight excluding hydrogens is 306 g/mol. The molecule has 0 amide bonds. The molecule has 0 fully saturated rings. The Morgan fingerprint density at radius 3 is 2.42 bits per heavy atom. The predicted molar refractivity (Wildman–Crippen MR) is 93.5 cm³/mol. The maximum absolute atomic E-state index is 9.67. The van der Waals surface area contributed by atoms with Gasteiger partial charge in [0.1, 0.15) is 11.6 Å². The monoisotopic (exact) mass is 325 g/mol. The van der Waals surface area contributed by atoms with Crippen LogP contribution in [0.25, 0.3) is 22.3 Å². The van der Waals surface area contributed by atoms with Crippen molar-refractivity contribution in [3.05, 3.63) is 35.9 Å². The number of hydrogen-bond donors (Lipinski definition) is 2. The lowest BCUT2D eigenvalue weighted by molar-refractivity contribution is 0.356. The van der Waals surface area contributed by atoms with Crippen LogP contribution in [0.15, 0.2) is 30.3 Å². The number of phenolic OH excluding ortho intramolecular Hbond substituents is 1. The number of fused-ring (bicyclic) bond motifs is 1. The summed E-state index contributed by atoms with van der Waals surface area (Å²) in [5.41, 5.74) is 8.60. The van der Waals surface area contributed by atoms with Gasteiger partial charge in [-0.05, 0) is 36.2 Å². The molecule has 0 atom stereocenters. The molecule has 24 heavy (non-hydrogen) atoms. The molecule has 0 spiro atoms. The standard InChI is InChI=1S/C18H19N3O3/c1-4-10-7-11(22)5-6-12(10)18-20-14-9-16(24-3)15(23-2)8-13(14)17(19)21-18/h5-9,22H,4H2,1-3H3,(H2,19,20,21). The topological polar surface area (TPSA) is 90.5 Å². The maximum Gasteiger partial charge on any atom is 0.162 e. The van der Waals surface area contributed by atoms with Crippen molar-refractivity contribution in [2.75, 3.05) is 20.0 Å². The molecule has 6 nitrogen and oxygen atoms in total. The minimum absolute atomic E-state index is 0.218. The van der Waals surface area contributed by atoms with E-state index in [0.29, 0.717) is 34.0 Å². The number of rotatable bonds is 4. The van der Waals surface area contributed by atoms with Gasteiger partial charge in [-0.15, -0.1) is 0 Å². The van der Waals surface area contributed by atoms with Crippen LogP contribution in [-0.4, -0.2) is 29.3 Å². The number of methoxy groups -OCH3 is 2. The van der Waals surface area contributed by atoms with E-state index in [9.17, 15) is 5.11 Å². The van der Waals surface area contributed by atoms with Gasteiger partial charge in [-0.25, -0.2) is 9.97 Å². The molecule has 124 valence electrons. The van der Waals surface area contributed by atoms with Crippen molar-refractivity contribution in [3.8, 4) is 28.6 Å². The Labute approximate surface area is 139 Å². The van der Waals surface area contributed by atoms with Crippen molar-refractivity contribution in [2.24, 2.45) is 0 Å². The number of nitrogen functional groups attached to an aromatic ring is 1. The third kappa shape index (κ3) is 2.67. The first kappa shape index (κ1) is 15.9. The summed E-state index contributed by atoms with van der Waals surface area (Å²) in [6.45, 7) is 2.01. The molecule has 0 aliphatic rings. The lowest BCUT2D eigenvalue weighted by atomic mass is 10.0. The Morgan fingerprint density at radius 2 is 1.75 bits per heavy atom.